The van der Waals surface area contributed by atoms with Gasteiger partial charge in [0.05, 0.1) is 12.7 Å². The summed E-state index contributed by atoms with van der Waals surface area (Å²) < 4.78 is 5.75. The molecule has 1 aliphatic carbocycles. The number of carbonyl (C=O) groups excluding carboxylic acids is 1. The van der Waals surface area contributed by atoms with Gasteiger partial charge in [-0.1, -0.05) is 19.3 Å². The van der Waals surface area contributed by atoms with Crippen LogP contribution in [0.1, 0.15) is 51.9 Å². The van der Waals surface area contributed by atoms with E-state index in [-0.39, 0.29) is 6.03 Å². The molecule has 1 heterocycles. The second kappa shape index (κ2) is 7.11. The number of carbonyl (C=O) groups is 2. The van der Waals surface area contributed by atoms with Crippen molar-refractivity contribution in [2.24, 2.45) is 0 Å². The molecule has 1 aliphatic heterocycles. The number of carboxylic acid groups (broad SMARTS) is 1. The van der Waals surface area contributed by atoms with Gasteiger partial charge in [-0.15, -0.1) is 0 Å². The highest BCUT2D eigenvalue weighted by Crippen LogP contribution is 2.29. The number of nitrogens with zero attached hydrogens (tertiary/aromatic N) is 1. The summed E-state index contributed by atoms with van der Waals surface area (Å²) in [5.74, 6) is -0.936. The number of urea groups is 1. The maximum Gasteiger partial charge on any atom is 0.329 e. The summed E-state index contributed by atoms with van der Waals surface area (Å²) >= 11 is 0. The van der Waals surface area contributed by atoms with Crippen molar-refractivity contribution in [1.82, 2.24) is 10.2 Å². The van der Waals surface area contributed by atoms with Crippen molar-refractivity contribution in [3.63, 3.8) is 0 Å². The zero-order valence-electron chi connectivity index (χ0n) is 12.8. The quantitative estimate of drug-likeness (QED) is 0.761. The maximum atomic E-state index is 12.1. The molecule has 0 spiro atoms. The number of ether oxygens (including phenoxy) is 1. The van der Waals surface area contributed by atoms with Crippen LogP contribution in [0.15, 0.2) is 0 Å². The zero-order chi connectivity index (χ0) is 15.3. The van der Waals surface area contributed by atoms with Gasteiger partial charge >= 0.3 is 12.0 Å². The Morgan fingerprint density at radius 2 is 2.00 bits per heavy atom. The van der Waals surface area contributed by atoms with Crippen LogP contribution in [0.2, 0.25) is 0 Å². The van der Waals surface area contributed by atoms with Gasteiger partial charge in [0.15, 0.2) is 0 Å². The third kappa shape index (κ3) is 3.87. The van der Waals surface area contributed by atoms with E-state index in [1.807, 2.05) is 0 Å². The van der Waals surface area contributed by atoms with Crippen molar-refractivity contribution in [3.05, 3.63) is 0 Å². The molecular formula is C15H26N2O4. The first-order valence-electron chi connectivity index (χ1n) is 7.94. The Morgan fingerprint density at radius 3 is 2.67 bits per heavy atom. The predicted molar refractivity (Wildman–Crippen MR) is 78.2 cm³/mol. The van der Waals surface area contributed by atoms with Gasteiger partial charge in [0.25, 0.3) is 0 Å². The third-order valence-electron chi connectivity index (χ3n) is 4.63. The smallest absolute Gasteiger partial charge is 0.329 e. The Morgan fingerprint density at radius 1 is 1.29 bits per heavy atom. The summed E-state index contributed by atoms with van der Waals surface area (Å²) in [5, 5.41) is 12.1. The molecule has 2 amide bonds. The van der Waals surface area contributed by atoms with E-state index in [4.69, 9.17) is 4.74 Å². The standard InChI is InChI=1S/C15H26N2O4/c1-15(13(18)19)8-5-10-17(15)14(20)16-9-11-21-12-6-3-2-4-7-12/h12H,2-11H2,1H3,(H,16,20)(H,18,19). The number of aliphatic carboxylic acids is 1. The Labute approximate surface area is 125 Å². The fourth-order valence-electron chi connectivity index (χ4n) is 3.22. The molecule has 21 heavy (non-hydrogen) atoms. The van der Waals surface area contributed by atoms with Gasteiger partial charge in [-0.05, 0) is 32.6 Å². The molecule has 120 valence electrons. The summed E-state index contributed by atoms with van der Waals surface area (Å²) in [6, 6.07) is -0.301. The van der Waals surface area contributed by atoms with E-state index in [1.165, 1.54) is 24.2 Å². The average molecular weight is 298 g/mol. The molecule has 0 aromatic rings. The highest BCUT2D eigenvalue weighted by atomic mass is 16.5. The number of amides is 2. The van der Waals surface area contributed by atoms with E-state index < -0.39 is 11.5 Å². The fraction of sp³-hybridized carbons (Fsp3) is 0.867. The van der Waals surface area contributed by atoms with Crippen molar-refractivity contribution in [2.45, 2.75) is 63.5 Å². The number of carboxylic acids is 1. The van der Waals surface area contributed by atoms with Crippen LogP contribution in [0.5, 0.6) is 0 Å². The van der Waals surface area contributed by atoms with E-state index in [9.17, 15) is 14.7 Å². The molecule has 6 heteroatoms. The number of hydrogen-bond donors (Lipinski definition) is 2. The molecule has 2 N–H and O–H groups in total. The first kappa shape index (κ1) is 16.1. The molecule has 1 unspecified atom stereocenters. The third-order valence-corrected chi connectivity index (χ3v) is 4.63. The summed E-state index contributed by atoms with van der Waals surface area (Å²) in [7, 11) is 0. The van der Waals surface area contributed by atoms with Crippen LogP contribution >= 0.6 is 0 Å². The number of rotatable bonds is 5. The minimum Gasteiger partial charge on any atom is -0.480 e. The molecule has 0 aromatic heterocycles. The van der Waals surface area contributed by atoms with Gasteiger partial charge in [-0.25, -0.2) is 9.59 Å². The molecular weight excluding hydrogens is 272 g/mol. The van der Waals surface area contributed by atoms with Crippen molar-refractivity contribution in [1.29, 1.82) is 0 Å². The average Bonchev–Trinajstić information content (AvgIpc) is 2.88. The van der Waals surface area contributed by atoms with E-state index >= 15 is 0 Å². The van der Waals surface area contributed by atoms with Crippen molar-refractivity contribution in [3.8, 4) is 0 Å². The molecule has 6 nitrogen and oxygen atoms in total. The van der Waals surface area contributed by atoms with Gasteiger partial charge in [0, 0.05) is 13.1 Å². The van der Waals surface area contributed by atoms with Crippen molar-refractivity contribution in [2.75, 3.05) is 19.7 Å². The largest absolute Gasteiger partial charge is 0.480 e. The van der Waals surface area contributed by atoms with Crippen LogP contribution in [-0.4, -0.2) is 53.3 Å². The molecule has 2 fully saturated rings. The minimum atomic E-state index is -1.08. The van der Waals surface area contributed by atoms with E-state index in [0.29, 0.717) is 32.2 Å². The lowest BCUT2D eigenvalue weighted by Gasteiger charge is -2.31. The monoisotopic (exact) mass is 298 g/mol. The zero-order valence-corrected chi connectivity index (χ0v) is 12.8. The lowest BCUT2D eigenvalue weighted by atomic mass is 9.98. The second-order valence-corrected chi connectivity index (χ2v) is 6.20. The van der Waals surface area contributed by atoms with Gasteiger partial charge in [0.2, 0.25) is 0 Å². The van der Waals surface area contributed by atoms with Crippen LogP contribution < -0.4 is 5.32 Å². The molecule has 0 bridgehead atoms. The number of nitrogens with one attached hydrogen (secondary N) is 1. The van der Waals surface area contributed by atoms with Gasteiger partial charge < -0.3 is 20.1 Å². The summed E-state index contributed by atoms with van der Waals surface area (Å²) in [6.07, 6.45) is 7.52. The lowest BCUT2D eigenvalue weighted by molar-refractivity contribution is -0.147. The minimum absolute atomic E-state index is 0.301. The molecule has 1 saturated carbocycles. The normalized spacial score (nSPS) is 26.8. The Hall–Kier alpha value is -1.30. The molecule has 2 rings (SSSR count). The highest BCUT2D eigenvalue weighted by Gasteiger charge is 2.45. The van der Waals surface area contributed by atoms with Gasteiger partial charge in [0.1, 0.15) is 5.54 Å². The summed E-state index contributed by atoms with van der Waals surface area (Å²) in [5.41, 5.74) is -1.08. The Bertz CT molecular complexity index is 382. The molecule has 1 saturated heterocycles. The molecule has 0 radical (unpaired) electrons. The van der Waals surface area contributed by atoms with Crippen LogP contribution in [0.25, 0.3) is 0 Å². The molecule has 0 aromatic carbocycles. The highest BCUT2D eigenvalue weighted by molar-refractivity contribution is 5.86. The Balaban J connectivity index is 1.70. The van der Waals surface area contributed by atoms with Gasteiger partial charge in [-0.2, -0.15) is 0 Å². The van der Waals surface area contributed by atoms with Crippen LogP contribution in [0.4, 0.5) is 4.79 Å². The van der Waals surface area contributed by atoms with E-state index in [1.54, 1.807) is 6.92 Å². The van der Waals surface area contributed by atoms with Crippen molar-refractivity contribution >= 4 is 12.0 Å². The fourth-order valence-corrected chi connectivity index (χ4v) is 3.22. The van der Waals surface area contributed by atoms with E-state index in [0.717, 1.165) is 19.3 Å². The number of hydrogen-bond acceptors (Lipinski definition) is 3. The topological polar surface area (TPSA) is 78.9 Å². The molecule has 1 atom stereocenters. The predicted octanol–water partition coefficient (Wildman–Crippen LogP) is 1.98. The first-order chi connectivity index (χ1) is 10.0. The lowest BCUT2D eigenvalue weighted by Crippen LogP contribution is -2.54. The summed E-state index contributed by atoms with van der Waals surface area (Å²) in [6.45, 7) is 3.04. The first-order valence-corrected chi connectivity index (χ1v) is 7.94. The van der Waals surface area contributed by atoms with Crippen LogP contribution in [0.3, 0.4) is 0 Å². The molecule has 2 aliphatic rings. The maximum absolute atomic E-state index is 12.1. The Kier molecular flexibility index (Phi) is 5.45. The summed E-state index contributed by atoms with van der Waals surface area (Å²) in [4.78, 5) is 24.9. The SMILES string of the molecule is CC1(C(=O)O)CCCN1C(=O)NCCOC1CCCCC1. The van der Waals surface area contributed by atoms with Crippen LogP contribution in [0, 0.1) is 0 Å². The second-order valence-electron chi connectivity index (χ2n) is 6.20. The van der Waals surface area contributed by atoms with Crippen LogP contribution in [-0.2, 0) is 9.53 Å². The number of likely N-dealkylation sites (tertiary alicyclic amines) is 1. The van der Waals surface area contributed by atoms with Crippen molar-refractivity contribution < 1.29 is 19.4 Å². The van der Waals surface area contributed by atoms with Gasteiger partial charge in [-0.3, -0.25) is 0 Å². The van der Waals surface area contributed by atoms with E-state index in [2.05, 4.69) is 5.32 Å².